The Bertz CT molecular complexity index is 1480. The average molecular weight is 486 g/mol. The molecule has 0 unspecified atom stereocenters. The number of carbonyl (C=O) groups is 1. The summed E-state index contributed by atoms with van der Waals surface area (Å²) in [6.45, 7) is 0.212. The van der Waals surface area contributed by atoms with Gasteiger partial charge in [-0.25, -0.2) is 9.67 Å². The van der Waals surface area contributed by atoms with Crippen molar-refractivity contribution in [2.75, 3.05) is 11.9 Å². The Labute approximate surface area is 205 Å². The van der Waals surface area contributed by atoms with Crippen LogP contribution in [0.1, 0.15) is 10.5 Å². The highest BCUT2D eigenvalue weighted by atomic mass is 35.5. The summed E-state index contributed by atoms with van der Waals surface area (Å²) in [4.78, 5) is 22.0. The van der Waals surface area contributed by atoms with Crippen LogP contribution in [0.4, 0.5) is 5.69 Å². The highest BCUT2D eigenvalue weighted by Crippen LogP contribution is 2.26. The number of aromatic nitrogens is 6. The quantitative estimate of drug-likeness (QED) is 0.359. The molecular formula is C25H20ClN7O2. The number of pyridine rings is 2. The molecule has 4 heterocycles. The Morgan fingerprint density at radius 2 is 1.89 bits per heavy atom. The first kappa shape index (κ1) is 22.5. The molecule has 0 radical (unpaired) electrons. The second kappa shape index (κ2) is 9.88. The highest BCUT2D eigenvalue weighted by Gasteiger charge is 2.17. The van der Waals surface area contributed by atoms with Gasteiger partial charge < -0.3 is 10.4 Å². The molecule has 0 spiro atoms. The van der Waals surface area contributed by atoms with Crippen LogP contribution in [0, 0.1) is 0 Å². The van der Waals surface area contributed by atoms with Gasteiger partial charge in [0.1, 0.15) is 11.4 Å². The molecule has 0 atom stereocenters. The minimum absolute atomic E-state index is 0.0802. The molecule has 35 heavy (non-hydrogen) atoms. The Kier molecular flexibility index (Phi) is 6.34. The summed E-state index contributed by atoms with van der Waals surface area (Å²) in [6.07, 6.45) is 6.83. The summed E-state index contributed by atoms with van der Waals surface area (Å²) < 4.78 is 3.26. The number of aliphatic hydroxyl groups is 1. The van der Waals surface area contributed by atoms with Crippen LogP contribution in [0.15, 0.2) is 85.5 Å². The molecule has 4 aromatic heterocycles. The molecule has 0 saturated carbocycles. The van der Waals surface area contributed by atoms with E-state index < -0.39 is 5.91 Å². The molecule has 0 fully saturated rings. The molecule has 5 aromatic rings. The number of rotatable bonds is 7. The molecule has 0 aliphatic heterocycles. The summed E-state index contributed by atoms with van der Waals surface area (Å²) in [5.41, 5.74) is 4.00. The molecule has 1 amide bonds. The summed E-state index contributed by atoms with van der Waals surface area (Å²) in [7, 11) is 0. The first-order chi connectivity index (χ1) is 17.1. The number of hydrogen-bond acceptors (Lipinski definition) is 6. The lowest BCUT2D eigenvalue weighted by Gasteiger charge is -2.06. The van der Waals surface area contributed by atoms with Gasteiger partial charge in [0, 0.05) is 29.2 Å². The minimum atomic E-state index is -0.394. The topological polar surface area (TPSA) is 111 Å². The van der Waals surface area contributed by atoms with E-state index in [1.807, 2.05) is 36.5 Å². The number of nitrogens with zero attached hydrogens (tertiary/aromatic N) is 6. The van der Waals surface area contributed by atoms with Gasteiger partial charge in [-0.3, -0.25) is 14.5 Å². The molecule has 2 N–H and O–H groups in total. The molecule has 0 saturated heterocycles. The van der Waals surface area contributed by atoms with Gasteiger partial charge >= 0.3 is 0 Å². The van der Waals surface area contributed by atoms with Crippen molar-refractivity contribution < 1.29 is 9.90 Å². The smallest absolute Gasteiger partial charge is 0.274 e. The van der Waals surface area contributed by atoms with E-state index in [0.717, 1.165) is 11.3 Å². The predicted molar refractivity (Wildman–Crippen MR) is 132 cm³/mol. The van der Waals surface area contributed by atoms with E-state index >= 15 is 0 Å². The maximum absolute atomic E-state index is 13.1. The third-order valence-corrected chi connectivity index (χ3v) is 5.41. The van der Waals surface area contributed by atoms with Crippen LogP contribution in [0.3, 0.4) is 0 Å². The van der Waals surface area contributed by atoms with Gasteiger partial charge in [-0.2, -0.15) is 10.2 Å². The minimum Gasteiger partial charge on any atom is -0.394 e. The third-order valence-electron chi connectivity index (χ3n) is 5.18. The first-order valence-electron chi connectivity index (χ1n) is 10.8. The van der Waals surface area contributed by atoms with Crippen LogP contribution in [-0.4, -0.2) is 47.1 Å². The summed E-state index contributed by atoms with van der Waals surface area (Å²) in [6, 6.07) is 18.0. The lowest BCUT2D eigenvalue weighted by molar-refractivity contribution is 0.102. The molecule has 0 aliphatic rings. The van der Waals surface area contributed by atoms with Crippen molar-refractivity contribution in [3.8, 4) is 28.3 Å². The second-order valence-corrected chi connectivity index (χ2v) is 8.05. The van der Waals surface area contributed by atoms with Gasteiger partial charge in [0.15, 0.2) is 0 Å². The van der Waals surface area contributed by atoms with Crippen LogP contribution in [0.2, 0.25) is 5.02 Å². The summed E-state index contributed by atoms with van der Waals surface area (Å²) >= 11 is 6.09. The molecule has 9 nitrogen and oxygen atoms in total. The molecule has 5 rings (SSSR count). The number of hydrogen-bond donors (Lipinski definition) is 2. The van der Waals surface area contributed by atoms with E-state index in [1.54, 1.807) is 58.3 Å². The van der Waals surface area contributed by atoms with E-state index in [9.17, 15) is 9.90 Å². The molecule has 10 heteroatoms. The zero-order valence-electron chi connectivity index (χ0n) is 18.4. The Morgan fingerprint density at radius 3 is 2.69 bits per heavy atom. The van der Waals surface area contributed by atoms with E-state index in [0.29, 0.717) is 34.3 Å². The molecule has 174 valence electrons. The van der Waals surface area contributed by atoms with E-state index in [2.05, 4.69) is 25.5 Å². The van der Waals surface area contributed by atoms with Crippen molar-refractivity contribution in [3.05, 3.63) is 96.2 Å². The largest absolute Gasteiger partial charge is 0.394 e. The van der Waals surface area contributed by atoms with Crippen LogP contribution in [0.5, 0.6) is 0 Å². The molecule has 1 aromatic carbocycles. The monoisotopic (exact) mass is 485 g/mol. The second-order valence-electron chi connectivity index (χ2n) is 7.61. The van der Waals surface area contributed by atoms with E-state index in [-0.39, 0.29) is 12.3 Å². The fourth-order valence-corrected chi connectivity index (χ4v) is 3.73. The first-order valence-corrected chi connectivity index (χ1v) is 11.2. The maximum Gasteiger partial charge on any atom is 0.274 e. The zero-order chi connectivity index (χ0) is 24.2. The van der Waals surface area contributed by atoms with Crippen LogP contribution >= 0.6 is 11.6 Å². The maximum atomic E-state index is 13.1. The lowest BCUT2D eigenvalue weighted by Crippen LogP contribution is -2.14. The summed E-state index contributed by atoms with van der Waals surface area (Å²) in [5, 5.41) is 21.6. The van der Waals surface area contributed by atoms with Gasteiger partial charge in [0.05, 0.1) is 42.1 Å². The Morgan fingerprint density at radius 1 is 1.03 bits per heavy atom. The predicted octanol–water partition coefficient (Wildman–Crippen LogP) is 4.09. The van der Waals surface area contributed by atoms with Crippen LogP contribution in [-0.2, 0) is 6.54 Å². The van der Waals surface area contributed by atoms with Crippen molar-refractivity contribution in [2.24, 2.45) is 0 Å². The highest BCUT2D eigenvalue weighted by molar-refractivity contribution is 6.30. The van der Waals surface area contributed by atoms with Crippen LogP contribution in [0.25, 0.3) is 28.3 Å². The number of anilines is 1. The van der Waals surface area contributed by atoms with E-state index in [4.69, 9.17) is 11.6 Å². The van der Waals surface area contributed by atoms with Crippen LogP contribution < -0.4 is 5.32 Å². The fraction of sp³-hybridized carbons (Fsp3) is 0.0800. The van der Waals surface area contributed by atoms with Crippen molar-refractivity contribution >= 4 is 23.2 Å². The number of carbonyl (C=O) groups excluding carboxylic acids is 1. The average Bonchev–Trinajstić information content (AvgIpc) is 3.53. The fourth-order valence-electron chi connectivity index (χ4n) is 3.55. The van der Waals surface area contributed by atoms with Crippen molar-refractivity contribution in [3.63, 3.8) is 0 Å². The Balaban J connectivity index is 1.41. The molecule has 0 aliphatic carbocycles. The number of amides is 1. The van der Waals surface area contributed by atoms with Gasteiger partial charge in [-0.15, -0.1) is 0 Å². The van der Waals surface area contributed by atoms with Gasteiger partial charge in [0.2, 0.25) is 0 Å². The molecular weight excluding hydrogens is 466 g/mol. The SMILES string of the molecule is O=C(Nc1cn(CCO)nc1-c1ccccn1)c1cccc(-c2cnn(-c3cccc(Cl)c3)c2)n1. The number of aliphatic hydroxyl groups excluding tert-OH is 1. The van der Waals surface area contributed by atoms with Gasteiger partial charge in [0.25, 0.3) is 5.91 Å². The number of nitrogens with one attached hydrogen (secondary N) is 1. The van der Waals surface area contributed by atoms with Gasteiger partial charge in [-0.05, 0) is 42.5 Å². The van der Waals surface area contributed by atoms with Crippen molar-refractivity contribution in [1.29, 1.82) is 0 Å². The lowest BCUT2D eigenvalue weighted by atomic mass is 10.2. The zero-order valence-corrected chi connectivity index (χ0v) is 19.2. The summed E-state index contributed by atoms with van der Waals surface area (Å²) in [5.74, 6) is -0.394. The van der Waals surface area contributed by atoms with Gasteiger partial charge in [-0.1, -0.05) is 29.8 Å². The Hall–Kier alpha value is -4.34. The standard InChI is InChI=1S/C25H20ClN7O2/c26-18-5-3-6-19(13-18)33-15-17(14-28-33)20-8-4-9-22(29-20)25(35)30-23-16-32(11-12-34)31-24(23)21-7-1-2-10-27-21/h1-10,13-16,34H,11-12H2,(H,30,35). The third kappa shape index (κ3) is 4.96. The normalized spacial score (nSPS) is 10.9. The molecule has 0 bridgehead atoms. The van der Waals surface area contributed by atoms with E-state index in [1.165, 1.54) is 0 Å². The number of benzene rings is 1. The van der Waals surface area contributed by atoms with Crippen molar-refractivity contribution in [2.45, 2.75) is 6.54 Å². The van der Waals surface area contributed by atoms with Crippen molar-refractivity contribution in [1.82, 2.24) is 29.5 Å². The number of halogens is 1.